The molecule has 1 heterocycles. The Morgan fingerprint density at radius 3 is 2.47 bits per heavy atom. The van der Waals surface area contributed by atoms with E-state index in [0.717, 1.165) is 0 Å². The number of rotatable bonds is 4. The van der Waals surface area contributed by atoms with Crippen molar-refractivity contribution < 1.29 is 10.2 Å². The number of halogens is 1. The van der Waals surface area contributed by atoms with Gasteiger partial charge < -0.3 is 15.5 Å². The second-order valence-corrected chi connectivity index (χ2v) is 4.44. The van der Waals surface area contributed by atoms with Crippen LogP contribution in [0.1, 0.15) is 12.7 Å². The number of hydrogen-bond donors (Lipinski definition) is 3. The van der Waals surface area contributed by atoms with E-state index in [1.807, 2.05) is 0 Å². The number of hydrogen-bond acceptors (Lipinski definition) is 5. The van der Waals surface area contributed by atoms with Crippen molar-refractivity contribution in [3.8, 4) is 0 Å². The number of aryl methyl sites for hydroxylation is 1. The Morgan fingerprint density at radius 1 is 1.40 bits per heavy atom. The van der Waals surface area contributed by atoms with Gasteiger partial charge in [-0.1, -0.05) is 0 Å². The maximum Gasteiger partial charge on any atom is 0.131 e. The zero-order chi connectivity index (χ0) is 11.5. The van der Waals surface area contributed by atoms with Crippen molar-refractivity contribution in [2.24, 2.45) is 0 Å². The highest BCUT2D eigenvalue weighted by Crippen LogP contribution is 2.16. The molecule has 0 aliphatic carbocycles. The highest BCUT2D eigenvalue weighted by Gasteiger charge is 2.22. The van der Waals surface area contributed by atoms with Gasteiger partial charge in [0.15, 0.2) is 0 Å². The summed E-state index contributed by atoms with van der Waals surface area (Å²) in [5.74, 6) is 1.19. The molecule has 0 radical (unpaired) electrons. The molecule has 6 heteroatoms. The predicted molar refractivity (Wildman–Crippen MR) is 60.7 cm³/mol. The second kappa shape index (κ2) is 4.87. The quantitative estimate of drug-likeness (QED) is 0.706. The lowest BCUT2D eigenvalue weighted by atomic mass is 10.1. The Kier molecular flexibility index (Phi) is 4.01. The smallest absolute Gasteiger partial charge is 0.131 e. The van der Waals surface area contributed by atoms with Crippen LogP contribution < -0.4 is 5.32 Å². The predicted octanol–water partition coefficient (Wildman–Crippen LogP) is 0.703. The van der Waals surface area contributed by atoms with E-state index in [0.29, 0.717) is 16.2 Å². The third kappa shape index (κ3) is 3.40. The molecule has 0 fully saturated rings. The van der Waals surface area contributed by atoms with E-state index in [4.69, 9.17) is 10.2 Å². The Balaban J connectivity index is 2.88. The van der Waals surface area contributed by atoms with Gasteiger partial charge in [-0.15, -0.1) is 0 Å². The summed E-state index contributed by atoms with van der Waals surface area (Å²) in [5.41, 5.74) is -0.778. The van der Waals surface area contributed by atoms with Crippen LogP contribution in [0.15, 0.2) is 10.7 Å². The van der Waals surface area contributed by atoms with Gasteiger partial charge in [-0.3, -0.25) is 0 Å². The minimum absolute atomic E-state index is 0.176. The van der Waals surface area contributed by atoms with Crippen LogP contribution in [-0.4, -0.2) is 38.9 Å². The first-order valence-corrected chi connectivity index (χ1v) is 5.29. The van der Waals surface area contributed by atoms with Gasteiger partial charge in [-0.25, -0.2) is 9.97 Å². The van der Waals surface area contributed by atoms with Crippen LogP contribution in [0.2, 0.25) is 0 Å². The summed E-state index contributed by atoms with van der Waals surface area (Å²) in [6.45, 7) is 3.12. The fraction of sp³-hybridized carbons (Fsp3) is 0.556. The maximum atomic E-state index is 9.11. The Morgan fingerprint density at radius 2 is 2.00 bits per heavy atom. The largest absolute Gasteiger partial charge is 0.394 e. The third-order valence-corrected chi connectivity index (χ3v) is 2.34. The van der Waals surface area contributed by atoms with Crippen molar-refractivity contribution in [1.82, 2.24) is 9.97 Å². The van der Waals surface area contributed by atoms with Crippen molar-refractivity contribution >= 4 is 21.7 Å². The molecule has 0 aromatic carbocycles. The van der Waals surface area contributed by atoms with E-state index in [2.05, 4.69) is 31.2 Å². The van der Waals surface area contributed by atoms with Gasteiger partial charge in [-0.2, -0.15) is 0 Å². The van der Waals surface area contributed by atoms with E-state index < -0.39 is 5.54 Å². The molecular formula is C9H14BrN3O2. The molecule has 0 saturated heterocycles. The molecule has 5 nitrogen and oxygen atoms in total. The number of aliphatic hydroxyl groups excluding tert-OH is 2. The molecule has 0 aliphatic heterocycles. The second-order valence-electron chi connectivity index (χ2n) is 3.63. The van der Waals surface area contributed by atoms with Crippen LogP contribution in [0.5, 0.6) is 0 Å². The summed E-state index contributed by atoms with van der Waals surface area (Å²) in [4.78, 5) is 8.20. The molecule has 0 bridgehead atoms. The number of nitrogens with one attached hydrogen (secondary N) is 1. The molecule has 1 aromatic heterocycles. The molecule has 0 amide bonds. The van der Waals surface area contributed by atoms with Crippen molar-refractivity contribution in [2.75, 3.05) is 18.5 Å². The van der Waals surface area contributed by atoms with Crippen molar-refractivity contribution in [3.05, 3.63) is 16.5 Å². The van der Waals surface area contributed by atoms with Crippen LogP contribution in [0.25, 0.3) is 0 Å². The zero-order valence-electron chi connectivity index (χ0n) is 8.66. The van der Waals surface area contributed by atoms with E-state index in [9.17, 15) is 0 Å². The molecule has 1 aromatic rings. The topological polar surface area (TPSA) is 78.3 Å². The average Bonchev–Trinajstić information content (AvgIpc) is 2.16. The van der Waals surface area contributed by atoms with Gasteiger partial charge in [0.05, 0.1) is 18.8 Å². The summed E-state index contributed by atoms with van der Waals surface area (Å²) in [5, 5.41) is 21.2. The summed E-state index contributed by atoms with van der Waals surface area (Å²) in [6.07, 6.45) is 0. The van der Waals surface area contributed by atoms with E-state index in [1.54, 1.807) is 19.9 Å². The zero-order valence-corrected chi connectivity index (χ0v) is 10.2. The molecule has 15 heavy (non-hydrogen) atoms. The molecule has 0 unspecified atom stereocenters. The number of aliphatic hydroxyl groups is 2. The lowest BCUT2D eigenvalue weighted by Crippen LogP contribution is -2.42. The lowest BCUT2D eigenvalue weighted by molar-refractivity contribution is 0.147. The van der Waals surface area contributed by atoms with Crippen molar-refractivity contribution in [2.45, 2.75) is 19.4 Å². The van der Waals surface area contributed by atoms with E-state index in [1.165, 1.54) is 0 Å². The van der Waals surface area contributed by atoms with Crippen LogP contribution in [0.3, 0.4) is 0 Å². The summed E-state index contributed by atoms with van der Waals surface area (Å²) < 4.78 is 0.663. The Bertz CT molecular complexity index is 322. The van der Waals surface area contributed by atoms with Crippen LogP contribution in [0.4, 0.5) is 5.82 Å². The van der Waals surface area contributed by atoms with Crippen molar-refractivity contribution in [3.63, 3.8) is 0 Å². The normalized spacial score (nSPS) is 11.5. The average molecular weight is 276 g/mol. The van der Waals surface area contributed by atoms with Crippen molar-refractivity contribution in [1.29, 1.82) is 0 Å². The van der Waals surface area contributed by atoms with Gasteiger partial charge in [-0.05, 0) is 29.8 Å². The summed E-state index contributed by atoms with van der Waals surface area (Å²) >= 11 is 3.25. The number of anilines is 1. The first kappa shape index (κ1) is 12.4. The van der Waals surface area contributed by atoms with Gasteiger partial charge in [0, 0.05) is 6.07 Å². The standard InChI is InChI=1S/C9H14BrN3O2/c1-6-11-7(10)3-8(12-6)13-9(2,4-14)5-15/h3,14-15H,4-5H2,1-2H3,(H,11,12,13). The van der Waals surface area contributed by atoms with Gasteiger partial charge >= 0.3 is 0 Å². The highest BCUT2D eigenvalue weighted by molar-refractivity contribution is 9.10. The Hall–Kier alpha value is -0.720. The molecule has 0 atom stereocenters. The molecular weight excluding hydrogens is 262 g/mol. The lowest BCUT2D eigenvalue weighted by Gasteiger charge is -2.26. The monoisotopic (exact) mass is 275 g/mol. The number of nitrogens with zero attached hydrogens (tertiary/aromatic N) is 2. The van der Waals surface area contributed by atoms with Crippen LogP contribution in [-0.2, 0) is 0 Å². The maximum absolute atomic E-state index is 9.11. The molecule has 1 rings (SSSR count). The van der Waals surface area contributed by atoms with Gasteiger partial charge in [0.2, 0.25) is 0 Å². The van der Waals surface area contributed by atoms with E-state index >= 15 is 0 Å². The highest BCUT2D eigenvalue weighted by atomic mass is 79.9. The Labute approximate surface area is 96.7 Å². The van der Waals surface area contributed by atoms with E-state index in [-0.39, 0.29) is 13.2 Å². The fourth-order valence-corrected chi connectivity index (χ4v) is 1.51. The minimum atomic E-state index is -0.778. The molecule has 0 aliphatic rings. The first-order chi connectivity index (χ1) is 6.99. The van der Waals surface area contributed by atoms with Gasteiger partial charge in [0.1, 0.15) is 16.2 Å². The van der Waals surface area contributed by atoms with Crippen LogP contribution >= 0.6 is 15.9 Å². The van der Waals surface area contributed by atoms with Gasteiger partial charge in [0.25, 0.3) is 0 Å². The fourth-order valence-electron chi connectivity index (χ4n) is 1.03. The minimum Gasteiger partial charge on any atom is -0.394 e. The SMILES string of the molecule is Cc1nc(Br)cc(NC(C)(CO)CO)n1. The first-order valence-electron chi connectivity index (χ1n) is 4.50. The summed E-state index contributed by atoms with van der Waals surface area (Å²) in [7, 11) is 0. The molecule has 3 N–H and O–H groups in total. The molecule has 0 spiro atoms. The molecule has 0 saturated carbocycles. The summed E-state index contributed by atoms with van der Waals surface area (Å²) in [6, 6.07) is 1.69. The third-order valence-electron chi connectivity index (χ3n) is 1.93. The number of aromatic nitrogens is 2. The molecule has 84 valence electrons. The van der Waals surface area contributed by atoms with Crippen LogP contribution in [0, 0.1) is 6.92 Å².